The van der Waals surface area contributed by atoms with Crippen LogP contribution in [0.5, 0.6) is 0 Å². The molecule has 0 aromatic carbocycles. The zero-order valence-electron chi connectivity index (χ0n) is 11.6. The molecule has 2 amide bonds. The van der Waals surface area contributed by atoms with Crippen molar-refractivity contribution in [2.75, 3.05) is 7.11 Å². The molecule has 2 saturated carbocycles. The highest BCUT2D eigenvalue weighted by Crippen LogP contribution is 2.48. The largest absolute Gasteiger partial charge is 0.481 e. The van der Waals surface area contributed by atoms with E-state index >= 15 is 0 Å². The minimum atomic E-state index is -0.858. The number of aliphatic carboxylic acids is 1. The van der Waals surface area contributed by atoms with Gasteiger partial charge in [0, 0.05) is 6.04 Å². The predicted octanol–water partition coefficient (Wildman–Crippen LogP) is 0.346. The molecule has 5 unspecified atom stereocenters. The highest BCUT2D eigenvalue weighted by molar-refractivity contribution is 5.84. The van der Waals surface area contributed by atoms with E-state index in [2.05, 4.69) is 15.4 Å². The van der Waals surface area contributed by atoms with E-state index in [0.29, 0.717) is 0 Å². The molecule has 2 aliphatic carbocycles. The van der Waals surface area contributed by atoms with Gasteiger partial charge in [-0.2, -0.15) is 0 Å². The number of amides is 2. The van der Waals surface area contributed by atoms with Gasteiger partial charge in [-0.25, -0.2) is 9.59 Å². The summed E-state index contributed by atoms with van der Waals surface area (Å²) in [4.78, 5) is 34.4. The van der Waals surface area contributed by atoms with E-state index in [0.717, 1.165) is 19.3 Å². The Hall–Kier alpha value is -1.79. The van der Waals surface area contributed by atoms with Crippen LogP contribution in [0, 0.1) is 17.8 Å². The SMILES string of the molecule is COC(=O)C(C)NC(=O)NC1C2CCC(C2)C1C(=O)O. The van der Waals surface area contributed by atoms with Crippen molar-refractivity contribution in [1.29, 1.82) is 0 Å². The third kappa shape index (κ3) is 2.71. The summed E-state index contributed by atoms with van der Waals surface area (Å²) in [5.74, 6) is -1.54. The standard InChI is InChI=1S/C13H20N2O5/c1-6(12(18)20-2)14-13(19)15-10-8-4-3-7(5-8)9(10)11(16)17/h6-10H,3-5H2,1-2H3,(H,16,17)(H2,14,15,19). The summed E-state index contributed by atoms with van der Waals surface area (Å²) < 4.78 is 4.52. The minimum Gasteiger partial charge on any atom is -0.481 e. The lowest BCUT2D eigenvalue weighted by Crippen LogP contribution is -2.53. The van der Waals surface area contributed by atoms with Gasteiger partial charge in [0.1, 0.15) is 6.04 Å². The van der Waals surface area contributed by atoms with Gasteiger partial charge in [0.15, 0.2) is 0 Å². The molecule has 0 spiro atoms. The van der Waals surface area contributed by atoms with Crippen LogP contribution in [0.15, 0.2) is 0 Å². The first-order chi connectivity index (χ1) is 9.43. The van der Waals surface area contributed by atoms with Gasteiger partial charge in [0.2, 0.25) is 0 Å². The Balaban J connectivity index is 1.93. The zero-order valence-corrected chi connectivity index (χ0v) is 11.6. The second-order valence-electron chi connectivity index (χ2n) is 5.59. The van der Waals surface area contributed by atoms with E-state index in [4.69, 9.17) is 0 Å². The molecule has 2 bridgehead atoms. The van der Waals surface area contributed by atoms with Crippen LogP contribution in [0.3, 0.4) is 0 Å². The van der Waals surface area contributed by atoms with Crippen molar-refractivity contribution < 1.29 is 24.2 Å². The summed E-state index contributed by atoms with van der Waals surface area (Å²) in [7, 11) is 1.24. The number of urea groups is 1. The van der Waals surface area contributed by atoms with E-state index in [9.17, 15) is 19.5 Å². The molecule has 0 aromatic rings. The predicted molar refractivity (Wildman–Crippen MR) is 68.9 cm³/mol. The topological polar surface area (TPSA) is 105 Å². The molecule has 0 aliphatic heterocycles. The van der Waals surface area contributed by atoms with Crippen LogP contribution in [0.25, 0.3) is 0 Å². The monoisotopic (exact) mass is 284 g/mol. The molecule has 0 saturated heterocycles. The maximum atomic E-state index is 11.9. The van der Waals surface area contributed by atoms with E-state index in [1.807, 2.05) is 0 Å². The summed E-state index contributed by atoms with van der Waals surface area (Å²) >= 11 is 0. The Kier molecular flexibility index (Phi) is 4.15. The smallest absolute Gasteiger partial charge is 0.328 e. The van der Waals surface area contributed by atoms with Gasteiger partial charge in [0.05, 0.1) is 13.0 Å². The molecular formula is C13H20N2O5. The average molecular weight is 284 g/mol. The molecule has 7 heteroatoms. The molecule has 0 radical (unpaired) electrons. The first-order valence-electron chi connectivity index (χ1n) is 6.81. The highest BCUT2D eigenvalue weighted by atomic mass is 16.5. The van der Waals surface area contributed by atoms with E-state index < -0.39 is 29.9 Å². The molecule has 7 nitrogen and oxygen atoms in total. The number of carboxylic acid groups (broad SMARTS) is 1. The number of fused-ring (bicyclic) bond motifs is 2. The molecule has 0 aromatic heterocycles. The molecule has 112 valence electrons. The van der Waals surface area contributed by atoms with Gasteiger partial charge in [-0.1, -0.05) is 0 Å². The lowest BCUT2D eigenvalue weighted by atomic mass is 9.84. The second kappa shape index (κ2) is 5.68. The quantitative estimate of drug-likeness (QED) is 0.646. The molecule has 5 atom stereocenters. The lowest BCUT2D eigenvalue weighted by Gasteiger charge is -2.29. The van der Waals surface area contributed by atoms with Gasteiger partial charge in [-0.3, -0.25) is 4.79 Å². The van der Waals surface area contributed by atoms with Crippen molar-refractivity contribution in [3.63, 3.8) is 0 Å². The van der Waals surface area contributed by atoms with Gasteiger partial charge >= 0.3 is 18.0 Å². The molecule has 2 aliphatic rings. The number of rotatable bonds is 4. The molecular weight excluding hydrogens is 264 g/mol. The highest BCUT2D eigenvalue weighted by Gasteiger charge is 2.51. The molecule has 2 fully saturated rings. The average Bonchev–Trinajstić information content (AvgIpc) is 2.97. The van der Waals surface area contributed by atoms with Gasteiger partial charge in [-0.15, -0.1) is 0 Å². The number of hydrogen-bond acceptors (Lipinski definition) is 4. The van der Waals surface area contributed by atoms with Crippen molar-refractivity contribution >= 4 is 18.0 Å². The van der Waals surface area contributed by atoms with Crippen LogP contribution >= 0.6 is 0 Å². The van der Waals surface area contributed by atoms with Crippen LogP contribution in [0.1, 0.15) is 26.2 Å². The molecule has 0 heterocycles. The van der Waals surface area contributed by atoms with E-state index in [1.54, 1.807) is 0 Å². The molecule has 20 heavy (non-hydrogen) atoms. The number of ether oxygens (including phenoxy) is 1. The fraction of sp³-hybridized carbons (Fsp3) is 0.769. The molecule has 2 rings (SSSR count). The summed E-state index contributed by atoms with van der Waals surface area (Å²) in [6, 6.07) is -1.63. The summed E-state index contributed by atoms with van der Waals surface area (Å²) in [5, 5.41) is 14.5. The zero-order chi connectivity index (χ0) is 14.9. The first-order valence-corrected chi connectivity index (χ1v) is 6.81. The Morgan fingerprint density at radius 1 is 1.25 bits per heavy atom. The summed E-state index contributed by atoms with van der Waals surface area (Å²) in [6.45, 7) is 1.51. The lowest BCUT2D eigenvalue weighted by molar-refractivity contribution is -0.144. The van der Waals surface area contributed by atoms with Crippen LogP contribution in [-0.4, -0.2) is 42.3 Å². The van der Waals surface area contributed by atoms with Crippen molar-refractivity contribution in [2.45, 2.75) is 38.3 Å². The van der Waals surface area contributed by atoms with Crippen molar-refractivity contribution in [1.82, 2.24) is 10.6 Å². The van der Waals surface area contributed by atoms with Gasteiger partial charge < -0.3 is 20.5 Å². The number of hydrogen-bond donors (Lipinski definition) is 3. The Morgan fingerprint density at radius 3 is 2.50 bits per heavy atom. The van der Waals surface area contributed by atoms with Gasteiger partial charge in [-0.05, 0) is 38.0 Å². The van der Waals surface area contributed by atoms with Crippen molar-refractivity contribution in [2.24, 2.45) is 17.8 Å². The van der Waals surface area contributed by atoms with Crippen LogP contribution < -0.4 is 10.6 Å². The maximum absolute atomic E-state index is 11.9. The number of carbonyl (C=O) groups excluding carboxylic acids is 2. The van der Waals surface area contributed by atoms with Crippen LogP contribution in [-0.2, 0) is 14.3 Å². The summed E-state index contributed by atoms with van der Waals surface area (Å²) in [5.41, 5.74) is 0. The Labute approximate surface area is 117 Å². The van der Waals surface area contributed by atoms with Gasteiger partial charge in [0.25, 0.3) is 0 Å². The van der Waals surface area contributed by atoms with E-state index in [-0.39, 0.29) is 17.9 Å². The van der Waals surface area contributed by atoms with Crippen molar-refractivity contribution in [3.05, 3.63) is 0 Å². The normalized spacial score (nSPS) is 32.5. The number of carboxylic acids is 1. The summed E-state index contributed by atoms with van der Waals surface area (Å²) in [6.07, 6.45) is 2.72. The fourth-order valence-corrected chi connectivity index (χ4v) is 3.48. The molecule has 3 N–H and O–H groups in total. The number of esters is 1. The second-order valence-corrected chi connectivity index (χ2v) is 5.59. The number of methoxy groups -OCH3 is 1. The third-order valence-electron chi connectivity index (χ3n) is 4.40. The van der Waals surface area contributed by atoms with Crippen LogP contribution in [0.4, 0.5) is 4.79 Å². The Morgan fingerprint density at radius 2 is 1.90 bits per heavy atom. The fourth-order valence-electron chi connectivity index (χ4n) is 3.48. The number of carbonyl (C=O) groups is 3. The first kappa shape index (κ1) is 14.6. The minimum absolute atomic E-state index is 0.154. The van der Waals surface area contributed by atoms with E-state index in [1.165, 1.54) is 14.0 Å². The number of nitrogens with one attached hydrogen (secondary N) is 2. The third-order valence-corrected chi connectivity index (χ3v) is 4.40. The van der Waals surface area contributed by atoms with Crippen molar-refractivity contribution in [3.8, 4) is 0 Å². The van der Waals surface area contributed by atoms with Crippen LogP contribution in [0.2, 0.25) is 0 Å². The Bertz CT molecular complexity index is 425. The maximum Gasteiger partial charge on any atom is 0.328 e.